The first-order chi connectivity index (χ1) is 16.8. The predicted octanol–water partition coefficient (Wildman–Crippen LogP) is 6.63. The van der Waals surface area contributed by atoms with Crippen LogP contribution in [0.25, 0.3) is 16.9 Å². The minimum atomic E-state index is -4.73. The average molecular weight is 560 g/mol. The van der Waals surface area contributed by atoms with Crippen LogP contribution in [0.4, 0.5) is 18.2 Å². The Morgan fingerprint density at radius 1 is 1.17 bits per heavy atom. The Morgan fingerprint density at radius 2 is 1.91 bits per heavy atom. The van der Waals surface area contributed by atoms with Crippen molar-refractivity contribution in [2.45, 2.75) is 38.3 Å². The predicted molar refractivity (Wildman–Crippen MR) is 129 cm³/mol. The Labute approximate surface area is 210 Å². The molecule has 6 nitrogen and oxygen atoms in total. The summed E-state index contributed by atoms with van der Waals surface area (Å²) < 4.78 is 42.4. The number of benzene rings is 1. The van der Waals surface area contributed by atoms with E-state index in [4.69, 9.17) is 0 Å². The number of nitriles is 1. The number of alkyl halides is 3. The summed E-state index contributed by atoms with van der Waals surface area (Å²) in [6.45, 7) is 0. The molecule has 1 N–H and O–H groups in total. The highest BCUT2D eigenvalue weighted by Gasteiger charge is 2.37. The van der Waals surface area contributed by atoms with Gasteiger partial charge in [-0.05, 0) is 53.2 Å². The van der Waals surface area contributed by atoms with Crippen molar-refractivity contribution < 1.29 is 18.0 Å². The first-order valence-electron chi connectivity index (χ1n) is 10.9. The summed E-state index contributed by atoms with van der Waals surface area (Å²) in [5, 5.41) is 16.8. The van der Waals surface area contributed by atoms with Crippen molar-refractivity contribution in [1.29, 1.82) is 5.26 Å². The minimum Gasteiger partial charge on any atom is -0.311 e. The summed E-state index contributed by atoms with van der Waals surface area (Å²) in [5.74, 6) is -0.718. The van der Waals surface area contributed by atoms with Crippen LogP contribution < -0.4 is 5.32 Å². The van der Waals surface area contributed by atoms with Gasteiger partial charge >= 0.3 is 6.18 Å². The number of hydrogen-bond acceptors (Lipinski definition) is 5. The van der Waals surface area contributed by atoms with Crippen molar-refractivity contribution >= 4 is 43.8 Å². The van der Waals surface area contributed by atoms with E-state index in [0.29, 0.717) is 20.6 Å². The summed E-state index contributed by atoms with van der Waals surface area (Å²) in [7, 11) is 0. The van der Waals surface area contributed by atoms with Gasteiger partial charge in [-0.3, -0.25) is 4.79 Å². The Morgan fingerprint density at radius 3 is 2.63 bits per heavy atom. The zero-order valence-corrected chi connectivity index (χ0v) is 20.5. The minimum absolute atomic E-state index is 0.0370. The largest absolute Gasteiger partial charge is 0.433 e. The number of anilines is 1. The van der Waals surface area contributed by atoms with E-state index in [1.807, 2.05) is 0 Å². The fourth-order valence-electron chi connectivity index (χ4n) is 4.21. The van der Waals surface area contributed by atoms with Crippen molar-refractivity contribution in [3.63, 3.8) is 0 Å². The molecule has 4 aromatic rings. The molecule has 0 bridgehead atoms. The number of fused-ring (bicyclic) bond motifs is 2. The third-order valence-corrected chi connectivity index (χ3v) is 7.81. The van der Waals surface area contributed by atoms with E-state index in [2.05, 4.69) is 37.4 Å². The van der Waals surface area contributed by atoms with E-state index in [-0.39, 0.29) is 21.5 Å². The smallest absolute Gasteiger partial charge is 0.311 e. The summed E-state index contributed by atoms with van der Waals surface area (Å²) in [6.07, 6.45) is -0.0583. The molecule has 0 aliphatic heterocycles. The van der Waals surface area contributed by atoms with Gasteiger partial charge in [0.1, 0.15) is 11.1 Å². The quantitative estimate of drug-likeness (QED) is 0.285. The molecule has 1 aliphatic rings. The number of halogens is 4. The highest BCUT2D eigenvalue weighted by Crippen LogP contribution is 2.38. The molecule has 1 aliphatic carbocycles. The Bertz CT molecular complexity index is 1490. The summed E-state index contributed by atoms with van der Waals surface area (Å²) in [4.78, 5) is 18.6. The molecular formula is C24H17BrF3N5OS. The van der Waals surface area contributed by atoms with Crippen molar-refractivity contribution in [2.24, 2.45) is 0 Å². The maximum atomic E-state index is 13.9. The highest BCUT2D eigenvalue weighted by atomic mass is 79.9. The van der Waals surface area contributed by atoms with Gasteiger partial charge in [-0.15, -0.1) is 11.3 Å². The van der Waals surface area contributed by atoms with E-state index >= 15 is 0 Å². The molecule has 0 spiro atoms. The molecule has 5 rings (SSSR count). The first-order valence-corrected chi connectivity index (χ1v) is 12.5. The number of hydrogen-bond donors (Lipinski definition) is 1. The van der Waals surface area contributed by atoms with Gasteiger partial charge in [0.05, 0.1) is 15.7 Å². The second-order valence-corrected chi connectivity index (χ2v) is 10.0. The van der Waals surface area contributed by atoms with Crippen LogP contribution in [0, 0.1) is 11.3 Å². The topological polar surface area (TPSA) is 83.1 Å². The lowest BCUT2D eigenvalue weighted by atomic mass is 10.1. The number of aryl methyl sites for hydroxylation is 1. The third kappa shape index (κ3) is 4.32. The van der Waals surface area contributed by atoms with E-state index in [0.717, 1.165) is 48.6 Å². The molecule has 0 atom stereocenters. The molecule has 35 heavy (non-hydrogen) atoms. The number of rotatable bonds is 3. The number of aromatic nitrogens is 3. The maximum absolute atomic E-state index is 13.9. The van der Waals surface area contributed by atoms with Crippen LogP contribution in [0.15, 0.2) is 40.9 Å². The Balaban J connectivity index is 1.58. The van der Waals surface area contributed by atoms with Crippen LogP contribution in [-0.2, 0) is 19.0 Å². The van der Waals surface area contributed by atoms with Gasteiger partial charge in [0.2, 0.25) is 0 Å². The maximum Gasteiger partial charge on any atom is 0.433 e. The highest BCUT2D eigenvalue weighted by molar-refractivity contribution is 9.10. The fourth-order valence-corrected chi connectivity index (χ4v) is 5.96. The van der Waals surface area contributed by atoms with Gasteiger partial charge in [0.15, 0.2) is 17.0 Å². The van der Waals surface area contributed by atoms with Crippen molar-refractivity contribution in [3.8, 4) is 17.3 Å². The van der Waals surface area contributed by atoms with Gasteiger partial charge in [-0.1, -0.05) is 36.8 Å². The second kappa shape index (κ2) is 9.09. The van der Waals surface area contributed by atoms with Crippen molar-refractivity contribution in [1.82, 2.24) is 14.6 Å². The van der Waals surface area contributed by atoms with Crippen LogP contribution in [0.2, 0.25) is 0 Å². The van der Waals surface area contributed by atoms with Gasteiger partial charge in [-0.2, -0.15) is 23.5 Å². The lowest BCUT2D eigenvalue weighted by molar-refractivity contribution is -0.142. The molecule has 0 unspecified atom stereocenters. The number of carbonyl (C=O) groups is 1. The monoisotopic (exact) mass is 559 g/mol. The van der Waals surface area contributed by atoms with E-state index in [1.165, 1.54) is 11.3 Å². The van der Waals surface area contributed by atoms with Gasteiger partial charge in [0, 0.05) is 10.4 Å². The molecule has 0 radical (unpaired) electrons. The molecule has 3 aromatic heterocycles. The SMILES string of the molecule is N#Cc1c(NC(=O)c2nn3c(C(F)(F)F)cc(-c4ccccc4)nc3c2Br)sc2c1CCCCC2. The van der Waals surface area contributed by atoms with E-state index in [9.17, 15) is 23.2 Å². The lowest BCUT2D eigenvalue weighted by Gasteiger charge is -2.11. The molecule has 0 saturated heterocycles. The van der Waals surface area contributed by atoms with Crippen LogP contribution in [0.1, 0.15) is 51.4 Å². The second-order valence-electron chi connectivity index (χ2n) is 8.12. The summed E-state index contributed by atoms with van der Waals surface area (Å²) in [5.41, 5.74) is 0.534. The molecule has 178 valence electrons. The fraction of sp³-hybridized carbons (Fsp3) is 0.250. The number of carbonyl (C=O) groups excluding carboxylic acids is 1. The number of amides is 1. The lowest BCUT2D eigenvalue weighted by Crippen LogP contribution is -2.16. The molecule has 0 fully saturated rings. The number of thiophene rings is 1. The molecule has 1 amide bonds. The summed E-state index contributed by atoms with van der Waals surface area (Å²) >= 11 is 4.58. The molecule has 3 heterocycles. The van der Waals surface area contributed by atoms with E-state index in [1.54, 1.807) is 30.3 Å². The van der Waals surface area contributed by atoms with Gasteiger partial charge in [0.25, 0.3) is 5.91 Å². The standard InChI is InChI=1S/C24H17BrF3N5OS/c25-19-20(22(34)31-23-15(12-29)14-9-5-2-6-10-17(14)35-23)32-33-18(24(26,27)28)11-16(30-21(19)33)13-7-3-1-4-8-13/h1,3-4,7-8,11H,2,5-6,9-10H2,(H,31,34). The molecule has 1 aromatic carbocycles. The van der Waals surface area contributed by atoms with Crippen LogP contribution in [0.5, 0.6) is 0 Å². The number of nitrogens with one attached hydrogen (secondary N) is 1. The van der Waals surface area contributed by atoms with Gasteiger partial charge < -0.3 is 5.32 Å². The molecule has 11 heteroatoms. The van der Waals surface area contributed by atoms with Crippen molar-refractivity contribution in [3.05, 3.63) is 68.3 Å². The molecular weight excluding hydrogens is 543 g/mol. The first kappa shape index (κ1) is 23.5. The third-order valence-electron chi connectivity index (χ3n) is 5.87. The Hall–Kier alpha value is -3.23. The zero-order valence-electron chi connectivity index (χ0n) is 18.1. The van der Waals surface area contributed by atoms with E-state index < -0.39 is 17.8 Å². The number of nitrogens with zero attached hydrogens (tertiary/aromatic N) is 4. The average Bonchev–Trinajstić information content (AvgIpc) is 3.24. The summed E-state index contributed by atoms with van der Waals surface area (Å²) in [6, 6.07) is 11.6. The zero-order chi connectivity index (χ0) is 24.7. The van der Waals surface area contributed by atoms with Gasteiger partial charge in [-0.25, -0.2) is 9.50 Å². The van der Waals surface area contributed by atoms with Crippen LogP contribution >= 0.6 is 27.3 Å². The Kier molecular flexibility index (Phi) is 6.11. The van der Waals surface area contributed by atoms with Crippen LogP contribution in [-0.4, -0.2) is 20.5 Å². The molecule has 0 saturated carbocycles. The van der Waals surface area contributed by atoms with Crippen LogP contribution in [0.3, 0.4) is 0 Å². The van der Waals surface area contributed by atoms with Crippen molar-refractivity contribution in [2.75, 3.05) is 5.32 Å². The normalized spacial score (nSPS) is 13.8.